The van der Waals surface area contributed by atoms with Crippen molar-refractivity contribution >= 4 is 5.78 Å². The smallest absolute Gasteiger partial charge is 0.136 e. The van der Waals surface area contributed by atoms with Gasteiger partial charge in [-0.25, -0.2) is 8.78 Å². The van der Waals surface area contributed by atoms with Gasteiger partial charge in [0, 0.05) is 12.3 Å². The first-order valence-corrected chi connectivity index (χ1v) is 27.1. The van der Waals surface area contributed by atoms with Crippen LogP contribution in [-0.2, 0) is 23.2 Å². The minimum absolute atomic E-state index is 0.102. The topological polar surface area (TPSA) is 77.8 Å². The number of hydrogen-bond donors (Lipinski definition) is 3. The van der Waals surface area contributed by atoms with Crippen LogP contribution in [0.1, 0.15) is 160 Å². The lowest BCUT2D eigenvalue weighted by Crippen LogP contribution is -2.53. The Morgan fingerprint density at radius 3 is 1.65 bits per heavy atom. The standard InChI is InChI=1S/C34H43FO2.C28H37FO2/c1-32-19-17-27(36)22-25(32)10-13-28-29-14-15-31(33(29,2)20-18-30(28)32)34(37,24-6-4-3-5-7-24)21-16-23-8-11-26(35)12-9-23;1-27-15-13-21(30)17-19(27)6-9-22-23-10-11-25(28(23,2)16-14-24(22)27)26(31)12-5-18-3-7-20(29)8-4-18/h3-12,27-31,36-37H,13-22H2,1-2H3;3-4,6-8,21-25,30H,5,9-17H2,1-2H3/t27-,28-,29-,30-,31-,32-,33-,34-;21-,22-,23-,24-,25+,27-,28-/m00/s1. The third kappa shape index (κ3) is 8.44. The van der Waals surface area contributed by atoms with Crippen LogP contribution in [0, 0.1) is 80.6 Å². The Bertz CT molecular complexity index is 2340. The van der Waals surface area contributed by atoms with Crippen molar-refractivity contribution in [1.82, 2.24) is 0 Å². The monoisotopic (exact) mass is 927 g/mol. The average Bonchev–Trinajstić information content (AvgIpc) is 3.89. The second-order valence-corrected chi connectivity index (χ2v) is 24.7. The van der Waals surface area contributed by atoms with Gasteiger partial charge >= 0.3 is 0 Å². The minimum atomic E-state index is -0.902. The zero-order valence-electron chi connectivity index (χ0n) is 41.6. The van der Waals surface area contributed by atoms with Crippen LogP contribution >= 0.6 is 0 Å². The summed E-state index contributed by atoms with van der Waals surface area (Å²) in [6.07, 6.45) is 24.7. The van der Waals surface area contributed by atoms with Crippen LogP contribution in [0.25, 0.3) is 0 Å². The van der Waals surface area contributed by atoms with E-state index in [1.165, 1.54) is 67.5 Å². The number of aryl methyl sites for hydroxylation is 2. The van der Waals surface area contributed by atoms with Gasteiger partial charge in [-0.2, -0.15) is 0 Å². The molecule has 15 atom stereocenters. The molecule has 4 nitrogen and oxygen atoms in total. The third-order valence-corrected chi connectivity index (χ3v) is 21.7. The van der Waals surface area contributed by atoms with E-state index in [2.05, 4.69) is 64.1 Å². The molecule has 3 aromatic rings. The van der Waals surface area contributed by atoms with Gasteiger partial charge in [0.15, 0.2) is 0 Å². The molecule has 6 saturated carbocycles. The minimum Gasteiger partial charge on any atom is -0.393 e. The van der Waals surface area contributed by atoms with Gasteiger partial charge in [0.2, 0.25) is 0 Å². The van der Waals surface area contributed by atoms with Crippen molar-refractivity contribution < 1.29 is 28.9 Å². The van der Waals surface area contributed by atoms with Crippen LogP contribution in [0.15, 0.2) is 102 Å². The van der Waals surface area contributed by atoms with Crippen LogP contribution in [-0.4, -0.2) is 33.3 Å². The number of allylic oxidation sites excluding steroid dienone is 2. The molecule has 3 N–H and O–H groups in total. The largest absolute Gasteiger partial charge is 0.393 e. The van der Waals surface area contributed by atoms with Crippen molar-refractivity contribution in [3.05, 3.63) is 130 Å². The van der Waals surface area contributed by atoms with Gasteiger partial charge in [0.25, 0.3) is 0 Å². The van der Waals surface area contributed by atoms with E-state index < -0.39 is 5.60 Å². The van der Waals surface area contributed by atoms with Gasteiger partial charge in [-0.3, -0.25) is 4.79 Å². The number of carbonyl (C=O) groups excluding carboxylic acids is 1. The second kappa shape index (κ2) is 18.6. The summed E-state index contributed by atoms with van der Waals surface area (Å²) in [6, 6.07) is 23.7. The molecule has 6 heteroatoms. The Morgan fingerprint density at radius 1 is 0.588 bits per heavy atom. The zero-order valence-corrected chi connectivity index (χ0v) is 41.6. The molecule has 0 radical (unpaired) electrons. The van der Waals surface area contributed by atoms with E-state index in [-0.39, 0.29) is 57.3 Å². The summed E-state index contributed by atoms with van der Waals surface area (Å²) in [5.74, 6) is 4.43. The molecule has 0 unspecified atom stereocenters. The molecule has 0 amide bonds. The molecule has 0 aromatic heterocycles. The highest BCUT2D eigenvalue weighted by Gasteiger charge is 2.63. The van der Waals surface area contributed by atoms with Gasteiger partial charge in [-0.15, -0.1) is 0 Å². The number of fused-ring (bicyclic) bond motifs is 10. The molecule has 0 heterocycles. The van der Waals surface area contributed by atoms with Gasteiger partial charge in [-0.1, -0.05) is 106 Å². The van der Waals surface area contributed by atoms with Gasteiger partial charge in [-0.05, 0) is 226 Å². The molecule has 8 aliphatic carbocycles. The van der Waals surface area contributed by atoms with Crippen molar-refractivity contribution in [3.63, 3.8) is 0 Å². The van der Waals surface area contributed by atoms with E-state index in [1.807, 2.05) is 18.2 Å². The maximum Gasteiger partial charge on any atom is 0.136 e. The highest BCUT2D eigenvalue weighted by molar-refractivity contribution is 5.82. The maximum atomic E-state index is 13.5. The van der Waals surface area contributed by atoms with Crippen molar-refractivity contribution in [2.24, 2.45) is 69.0 Å². The van der Waals surface area contributed by atoms with E-state index >= 15 is 0 Å². The van der Waals surface area contributed by atoms with Crippen molar-refractivity contribution in [3.8, 4) is 0 Å². The van der Waals surface area contributed by atoms with Crippen molar-refractivity contribution in [2.75, 3.05) is 0 Å². The van der Waals surface area contributed by atoms with Crippen molar-refractivity contribution in [1.29, 1.82) is 0 Å². The average molecular weight is 927 g/mol. The molecule has 3 aromatic carbocycles. The first-order valence-electron chi connectivity index (χ1n) is 27.1. The summed E-state index contributed by atoms with van der Waals surface area (Å²) in [6.45, 7) is 9.85. The number of aliphatic hydroxyl groups is 3. The quantitative estimate of drug-likeness (QED) is 0.187. The van der Waals surface area contributed by atoms with Gasteiger partial charge in [0.05, 0.1) is 17.8 Å². The Morgan fingerprint density at radius 2 is 1.09 bits per heavy atom. The summed E-state index contributed by atoms with van der Waals surface area (Å²) >= 11 is 0. The lowest BCUT2D eigenvalue weighted by Gasteiger charge is -2.59. The SMILES string of the molecule is C[C@]12CC[C@H]3[C@@H](CC=C4C[C@@H](O)CC[C@@]43C)[C@@H]1CC[C@@H]2C(=O)CCc1ccc(F)cc1.C[C@]12CC[C@H]3[C@@H](CC=C4C[C@@H](O)CC[C@@]43C)[C@@H]1CC[C@@H]2[C@](O)(CCc1ccc(F)cc1)c1ccccc1. The second-order valence-electron chi connectivity index (χ2n) is 24.7. The molecular weight excluding hydrogens is 847 g/mol. The number of carbonyl (C=O) groups is 1. The number of aliphatic hydroxyl groups excluding tert-OH is 2. The number of Topliss-reactive ketones (excluding diaryl/α,β-unsaturated/α-hetero) is 1. The molecule has 68 heavy (non-hydrogen) atoms. The predicted molar refractivity (Wildman–Crippen MR) is 267 cm³/mol. The Kier molecular flexibility index (Phi) is 13.2. The van der Waals surface area contributed by atoms with Crippen LogP contribution in [0.2, 0.25) is 0 Å². The van der Waals surface area contributed by atoms with E-state index in [0.29, 0.717) is 54.1 Å². The lowest BCUT2D eigenvalue weighted by molar-refractivity contribution is -0.129. The van der Waals surface area contributed by atoms with Crippen LogP contribution in [0.3, 0.4) is 0 Å². The fraction of sp³-hybridized carbons (Fsp3) is 0.629. The highest BCUT2D eigenvalue weighted by Crippen LogP contribution is 2.69. The van der Waals surface area contributed by atoms with Crippen LogP contribution in [0.4, 0.5) is 8.78 Å². The molecule has 0 aliphatic heterocycles. The number of ketones is 1. The van der Waals surface area contributed by atoms with E-state index in [9.17, 15) is 28.9 Å². The number of benzene rings is 3. The highest BCUT2D eigenvalue weighted by atomic mass is 19.1. The van der Waals surface area contributed by atoms with E-state index in [1.54, 1.807) is 12.1 Å². The summed E-state index contributed by atoms with van der Waals surface area (Å²) in [5.41, 5.74) is 6.03. The molecule has 0 bridgehead atoms. The third-order valence-electron chi connectivity index (χ3n) is 21.7. The molecule has 366 valence electrons. The summed E-state index contributed by atoms with van der Waals surface area (Å²) in [7, 11) is 0. The number of rotatable bonds is 9. The lowest BCUT2D eigenvalue weighted by atomic mass is 9.46. The van der Waals surface area contributed by atoms with E-state index in [0.717, 1.165) is 100 Å². The maximum absolute atomic E-state index is 13.5. The summed E-state index contributed by atoms with van der Waals surface area (Å²) in [4.78, 5) is 13.3. The molecule has 8 aliphatic rings. The summed E-state index contributed by atoms with van der Waals surface area (Å²) < 4.78 is 26.7. The normalized spacial score (nSPS) is 40.0. The van der Waals surface area contributed by atoms with Gasteiger partial charge < -0.3 is 15.3 Å². The van der Waals surface area contributed by atoms with E-state index in [4.69, 9.17) is 0 Å². The van der Waals surface area contributed by atoms with Crippen molar-refractivity contribution in [2.45, 2.75) is 174 Å². The zero-order chi connectivity index (χ0) is 47.6. The summed E-state index contributed by atoms with van der Waals surface area (Å²) in [5, 5.41) is 33.2. The molecular formula is C62H80F2O4. The number of halogens is 2. The Balaban J connectivity index is 0.000000161. The molecule has 6 fully saturated rings. The molecule has 0 spiro atoms. The fourth-order valence-electron chi connectivity index (χ4n) is 17.9. The molecule has 11 rings (SSSR count). The fourth-order valence-corrected chi connectivity index (χ4v) is 17.9. The first kappa shape index (κ1) is 48.2. The Labute approximate surface area is 406 Å². The molecule has 0 saturated heterocycles. The predicted octanol–water partition coefficient (Wildman–Crippen LogP) is 13.9. The number of hydrogen-bond acceptors (Lipinski definition) is 4. The van der Waals surface area contributed by atoms with Crippen LogP contribution < -0.4 is 0 Å². The van der Waals surface area contributed by atoms with Crippen LogP contribution in [0.5, 0.6) is 0 Å². The Hall–Kier alpha value is -3.45. The first-order chi connectivity index (χ1) is 32.5. The van der Waals surface area contributed by atoms with Gasteiger partial charge in [0.1, 0.15) is 17.4 Å².